The minimum absolute atomic E-state index is 0.287. The van der Waals surface area contributed by atoms with Crippen LogP contribution in [0, 0.1) is 0 Å². The molecule has 2 rings (SSSR count). The highest BCUT2D eigenvalue weighted by molar-refractivity contribution is 5.93. The molecule has 62 valence electrons. The second-order valence-corrected chi connectivity index (χ2v) is 2.77. The number of rotatable bonds is 0. The van der Waals surface area contributed by atoms with Gasteiger partial charge in [0.1, 0.15) is 5.69 Å². The molecule has 0 bridgehead atoms. The molecule has 1 atom stereocenters. The Morgan fingerprint density at radius 1 is 1.67 bits per heavy atom. The molecule has 1 N–H and O–H groups in total. The highest BCUT2D eigenvalue weighted by Gasteiger charge is 2.41. The molecule has 1 aliphatic heterocycles. The Hall–Kier alpha value is -1.42. The largest absolute Gasteiger partial charge is 0.424 e. The van der Waals surface area contributed by atoms with Crippen LogP contribution in [-0.4, -0.2) is 16.1 Å². The standard InChI is InChI=1S/C8H7NO3/c1-8(11)6-5(7(10)12-8)3-2-4-9-6/h2-4,11H,1H3/t8-/m0/s1. The van der Waals surface area contributed by atoms with E-state index in [9.17, 15) is 9.90 Å². The highest BCUT2D eigenvalue weighted by atomic mass is 16.7. The Morgan fingerprint density at radius 2 is 2.42 bits per heavy atom. The smallest absolute Gasteiger partial charge is 0.343 e. The number of carbonyl (C=O) groups excluding carboxylic acids is 1. The van der Waals surface area contributed by atoms with Crippen molar-refractivity contribution in [2.24, 2.45) is 0 Å². The highest BCUT2D eigenvalue weighted by Crippen LogP contribution is 2.31. The first-order valence-electron chi connectivity index (χ1n) is 3.52. The molecule has 0 unspecified atom stereocenters. The molecule has 0 saturated heterocycles. The molecule has 1 aromatic rings. The van der Waals surface area contributed by atoms with Crippen LogP contribution in [0.2, 0.25) is 0 Å². The van der Waals surface area contributed by atoms with Crippen LogP contribution >= 0.6 is 0 Å². The van der Waals surface area contributed by atoms with E-state index < -0.39 is 11.8 Å². The van der Waals surface area contributed by atoms with Gasteiger partial charge >= 0.3 is 5.97 Å². The van der Waals surface area contributed by atoms with Crippen LogP contribution < -0.4 is 0 Å². The summed E-state index contributed by atoms with van der Waals surface area (Å²) in [6.45, 7) is 1.39. The molecule has 0 radical (unpaired) electrons. The minimum atomic E-state index is -1.56. The second kappa shape index (κ2) is 2.04. The van der Waals surface area contributed by atoms with Gasteiger partial charge in [0.25, 0.3) is 5.79 Å². The van der Waals surface area contributed by atoms with Crippen molar-refractivity contribution in [2.75, 3.05) is 0 Å². The van der Waals surface area contributed by atoms with Crippen LogP contribution in [-0.2, 0) is 10.5 Å². The average molecular weight is 165 g/mol. The van der Waals surface area contributed by atoms with Crippen molar-refractivity contribution in [3.8, 4) is 0 Å². The third-order valence-corrected chi connectivity index (χ3v) is 1.76. The predicted octanol–water partition coefficient (Wildman–Crippen LogP) is 0.417. The lowest BCUT2D eigenvalue weighted by Crippen LogP contribution is -2.21. The molecule has 0 amide bonds. The molecule has 1 aliphatic rings. The molecule has 0 aliphatic carbocycles. The molecular weight excluding hydrogens is 158 g/mol. The summed E-state index contributed by atoms with van der Waals surface area (Å²) >= 11 is 0. The van der Waals surface area contributed by atoms with Gasteiger partial charge in [0.15, 0.2) is 0 Å². The Balaban J connectivity index is 2.66. The van der Waals surface area contributed by atoms with E-state index in [1.54, 1.807) is 12.1 Å². The molecule has 0 spiro atoms. The van der Waals surface area contributed by atoms with E-state index in [0.717, 1.165) is 0 Å². The molecule has 0 fully saturated rings. The molecule has 4 heteroatoms. The minimum Gasteiger partial charge on any atom is -0.424 e. The first-order valence-corrected chi connectivity index (χ1v) is 3.52. The molecule has 4 nitrogen and oxygen atoms in total. The quantitative estimate of drug-likeness (QED) is 0.566. The maximum atomic E-state index is 11.1. The van der Waals surface area contributed by atoms with E-state index in [-0.39, 0.29) is 5.69 Å². The van der Waals surface area contributed by atoms with E-state index in [4.69, 9.17) is 0 Å². The third-order valence-electron chi connectivity index (χ3n) is 1.76. The van der Waals surface area contributed by atoms with Gasteiger partial charge in [-0.2, -0.15) is 0 Å². The summed E-state index contributed by atoms with van der Waals surface area (Å²) in [7, 11) is 0. The third kappa shape index (κ3) is 0.816. The Labute approximate surface area is 68.8 Å². The van der Waals surface area contributed by atoms with Crippen LogP contribution in [0.3, 0.4) is 0 Å². The average Bonchev–Trinajstić information content (AvgIpc) is 2.25. The SMILES string of the molecule is C[C@]1(O)OC(=O)c2cccnc21. The van der Waals surface area contributed by atoms with Crippen LogP contribution in [0.15, 0.2) is 18.3 Å². The number of esters is 1. The maximum absolute atomic E-state index is 11.1. The van der Waals surface area contributed by atoms with Crippen LogP contribution in [0.5, 0.6) is 0 Å². The van der Waals surface area contributed by atoms with Gasteiger partial charge in [0, 0.05) is 13.1 Å². The van der Waals surface area contributed by atoms with E-state index in [0.29, 0.717) is 5.56 Å². The number of cyclic esters (lactones) is 1. The summed E-state index contributed by atoms with van der Waals surface area (Å²) < 4.78 is 4.67. The topological polar surface area (TPSA) is 59.4 Å². The zero-order chi connectivity index (χ0) is 8.77. The lowest BCUT2D eigenvalue weighted by atomic mass is 10.1. The van der Waals surface area contributed by atoms with Crippen molar-refractivity contribution in [2.45, 2.75) is 12.7 Å². The van der Waals surface area contributed by atoms with E-state index in [2.05, 4.69) is 9.72 Å². The number of ether oxygens (including phenoxy) is 1. The number of fused-ring (bicyclic) bond motifs is 1. The number of carbonyl (C=O) groups is 1. The Kier molecular flexibility index (Phi) is 1.23. The van der Waals surface area contributed by atoms with Gasteiger partial charge in [-0.25, -0.2) is 4.79 Å². The van der Waals surface area contributed by atoms with Crippen LogP contribution in [0.25, 0.3) is 0 Å². The normalized spacial score (nSPS) is 26.7. The molecule has 0 aromatic carbocycles. The molecule has 0 saturated carbocycles. The summed E-state index contributed by atoms with van der Waals surface area (Å²) in [5.74, 6) is -2.09. The van der Waals surface area contributed by atoms with Gasteiger partial charge < -0.3 is 9.84 Å². The summed E-state index contributed by atoms with van der Waals surface area (Å²) in [5.41, 5.74) is 0.623. The van der Waals surface area contributed by atoms with Crippen molar-refractivity contribution in [3.05, 3.63) is 29.6 Å². The van der Waals surface area contributed by atoms with Gasteiger partial charge in [-0.1, -0.05) is 0 Å². The molecule has 2 heterocycles. The lowest BCUT2D eigenvalue weighted by Gasteiger charge is -2.13. The number of nitrogens with zero attached hydrogens (tertiary/aromatic N) is 1. The zero-order valence-corrected chi connectivity index (χ0v) is 6.44. The Bertz CT molecular complexity index is 346. The van der Waals surface area contributed by atoms with Crippen LogP contribution in [0.1, 0.15) is 23.0 Å². The molecule has 12 heavy (non-hydrogen) atoms. The number of aromatic nitrogens is 1. The van der Waals surface area contributed by atoms with Gasteiger partial charge in [-0.3, -0.25) is 4.98 Å². The zero-order valence-electron chi connectivity index (χ0n) is 6.44. The number of hydrogen-bond donors (Lipinski definition) is 1. The Morgan fingerprint density at radius 3 is 3.08 bits per heavy atom. The van der Waals surface area contributed by atoms with Crippen molar-refractivity contribution >= 4 is 5.97 Å². The number of pyridine rings is 1. The summed E-state index contributed by atoms with van der Waals surface area (Å²) in [4.78, 5) is 14.9. The number of hydrogen-bond acceptors (Lipinski definition) is 4. The monoisotopic (exact) mass is 165 g/mol. The number of aliphatic hydroxyl groups is 1. The summed E-state index contributed by atoms with van der Waals surface area (Å²) in [6.07, 6.45) is 1.51. The van der Waals surface area contributed by atoms with Crippen LogP contribution in [0.4, 0.5) is 0 Å². The van der Waals surface area contributed by atoms with Crippen molar-refractivity contribution in [1.29, 1.82) is 0 Å². The van der Waals surface area contributed by atoms with Gasteiger partial charge in [-0.15, -0.1) is 0 Å². The summed E-state index contributed by atoms with van der Waals surface area (Å²) in [5, 5.41) is 9.51. The second-order valence-electron chi connectivity index (χ2n) is 2.77. The molecule has 1 aromatic heterocycles. The summed E-state index contributed by atoms with van der Waals surface area (Å²) in [6, 6.07) is 3.20. The van der Waals surface area contributed by atoms with Gasteiger partial charge in [0.05, 0.1) is 5.56 Å². The lowest BCUT2D eigenvalue weighted by molar-refractivity contribution is -0.150. The fourth-order valence-electron chi connectivity index (χ4n) is 1.22. The first-order chi connectivity index (χ1) is 5.61. The van der Waals surface area contributed by atoms with Crippen molar-refractivity contribution < 1.29 is 14.6 Å². The fourth-order valence-corrected chi connectivity index (χ4v) is 1.22. The van der Waals surface area contributed by atoms with Gasteiger partial charge in [-0.05, 0) is 12.1 Å². The first kappa shape index (κ1) is 7.24. The van der Waals surface area contributed by atoms with Crippen molar-refractivity contribution in [3.63, 3.8) is 0 Å². The van der Waals surface area contributed by atoms with Crippen molar-refractivity contribution in [1.82, 2.24) is 4.98 Å². The van der Waals surface area contributed by atoms with E-state index in [1.165, 1.54) is 13.1 Å². The maximum Gasteiger partial charge on any atom is 0.343 e. The molecular formula is C8H7NO3. The van der Waals surface area contributed by atoms with E-state index in [1.807, 2.05) is 0 Å². The fraction of sp³-hybridized carbons (Fsp3) is 0.250. The predicted molar refractivity (Wildman–Crippen MR) is 39.2 cm³/mol. The van der Waals surface area contributed by atoms with E-state index >= 15 is 0 Å². The van der Waals surface area contributed by atoms with Gasteiger partial charge in [0.2, 0.25) is 0 Å².